The molecule has 1 atom stereocenters. The molecule has 0 radical (unpaired) electrons. The lowest BCUT2D eigenvalue weighted by Gasteiger charge is -2.19. The highest BCUT2D eigenvalue weighted by atomic mass is 16.3. The van der Waals surface area contributed by atoms with Crippen LogP contribution in [-0.4, -0.2) is 5.11 Å². The Balaban J connectivity index is 1.69. The predicted octanol–water partition coefficient (Wildman–Crippen LogP) is 3.74. The second kappa shape index (κ2) is 6.88. The summed E-state index contributed by atoms with van der Waals surface area (Å²) >= 11 is 0. The SMILES string of the molecule is OCc1ccc(CNC2CCCCc3ccccc32)cc1. The molecule has 3 rings (SSSR count). The Morgan fingerprint density at radius 1 is 0.952 bits per heavy atom. The minimum absolute atomic E-state index is 0.115. The minimum atomic E-state index is 0.115. The van der Waals surface area contributed by atoms with Crippen LogP contribution in [0.4, 0.5) is 0 Å². The van der Waals surface area contributed by atoms with E-state index in [4.69, 9.17) is 5.11 Å². The lowest BCUT2D eigenvalue weighted by atomic mass is 9.99. The molecule has 1 aliphatic rings. The molecular formula is C19H23NO. The van der Waals surface area contributed by atoms with Gasteiger partial charge in [0.2, 0.25) is 0 Å². The number of rotatable bonds is 4. The average molecular weight is 281 g/mol. The Kier molecular flexibility index (Phi) is 4.69. The number of aliphatic hydroxyl groups excluding tert-OH is 1. The van der Waals surface area contributed by atoms with E-state index >= 15 is 0 Å². The number of benzene rings is 2. The molecule has 0 amide bonds. The standard InChI is InChI=1S/C19H23NO/c21-14-16-11-9-15(10-12-16)13-20-19-8-4-2-6-17-5-1-3-7-18(17)19/h1,3,5,7,9-12,19-21H,2,4,6,8,13-14H2. The maximum Gasteiger partial charge on any atom is 0.0681 e. The molecule has 0 saturated heterocycles. The van der Waals surface area contributed by atoms with Crippen LogP contribution in [0.25, 0.3) is 0 Å². The molecule has 110 valence electrons. The predicted molar refractivity (Wildman–Crippen MR) is 85.9 cm³/mol. The molecule has 1 unspecified atom stereocenters. The molecule has 2 N–H and O–H groups in total. The topological polar surface area (TPSA) is 32.3 Å². The van der Waals surface area contributed by atoms with Gasteiger partial charge in [0.15, 0.2) is 0 Å². The van der Waals surface area contributed by atoms with Crippen LogP contribution in [0.5, 0.6) is 0 Å². The van der Waals surface area contributed by atoms with Crippen molar-refractivity contribution < 1.29 is 5.11 Å². The summed E-state index contributed by atoms with van der Waals surface area (Å²) in [6.07, 6.45) is 5.00. The highest BCUT2D eigenvalue weighted by Crippen LogP contribution is 2.28. The molecule has 0 bridgehead atoms. The molecule has 0 fully saturated rings. The Hall–Kier alpha value is -1.64. The Morgan fingerprint density at radius 3 is 2.52 bits per heavy atom. The quantitative estimate of drug-likeness (QED) is 0.837. The van der Waals surface area contributed by atoms with E-state index in [9.17, 15) is 0 Å². The zero-order chi connectivity index (χ0) is 14.5. The second-order valence-electron chi connectivity index (χ2n) is 5.85. The first-order valence-electron chi connectivity index (χ1n) is 7.86. The summed E-state index contributed by atoms with van der Waals surface area (Å²) in [5.74, 6) is 0. The van der Waals surface area contributed by atoms with Crippen molar-refractivity contribution in [3.8, 4) is 0 Å². The number of aliphatic hydroxyl groups is 1. The first-order valence-corrected chi connectivity index (χ1v) is 7.86. The second-order valence-corrected chi connectivity index (χ2v) is 5.85. The van der Waals surface area contributed by atoms with Gasteiger partial charge in [-0.25, -0.2) is 0 Å². The van der Waals surface area contributed by atoms with Gasteiger partial charge in [-0.1, -0.05) is 55.0 Å². The van der Waals surface area contributed by atoms with Gasteiger partial charge in [0.25, 0.3) is 0 Å². The van der Waals surface area contributed by atoms with Gasteiger partial charge in [-0.3, -0.25) is 0 Å². The molecule has 1 aliphatic carbocycles. The molecule has 2 nitrogen and oxygen atoms in total. The molecule has 0 spiro atoms. The van der Waals surface area contributed by atoms with Crippen molar-refractivity contribution >= 4 is 0 Å². The van der Waals surface area contributed by atoms with Gasteiger partial charge in [0.1, 0.15) is 0 Å². The van der Waals surface area contributed by atoms with Crippen LogP contribution in [0.1, 0.15) is 47.6 Å². The lowest BCUT2D eigenvalue weighted by molar-refractivity contribution is 0.282. The third kappa shape index (κ3) is 3.52. The van der Waals surface area contributed by atoms with Crippen molar-refractivity contribution in [1.29, 1.82) is 0 Å². The van der Waals surface area contributed by atoms with E-state index in [2.05, 4.69) is 41.7 Å². The van der Waals surface area contributed by atoms with Crippen LogP contribution < -0.4 is 5.32 Å². The molecule has 21 heavy (non-hydrogen) atoms. The molecule has 0 heterocycles. The fourth-order valence-corrected chi connectivity index (χ4v) is 3.14. The van der Waals surface area contributed by atoms with E-state index in [0.29, 0.717) is 6.04 Å². The molecule has 2 aromatic carbocycles. The first-order chi connectivity index (χ1) is 10.4. The van der Waals surface area contributed by atoms with Crippen LogP contribution in [0.3, 0.4) is 0 Å². The summed E-state index contributed by atoms with van der Waals surface area (Å²) < 4.78 is 0. The maximum absolute atomic E-state index is 9.09. The fraction of sp³-hybridized carbons (Fsp3) is 0.368. The van der Waals surface area contributed by atoms with Crippen LogP contribution >= 0.6 is 0 Å². The zero-order valence-electron chi connectivity index (χ0n) is 12.4. The summed E-state index contributed by atoms with van der Waals surface area (Å²) in [5, 5.41) is 12.8. The van der Waals surface area contributed by atoms with Gasteiger partial charge >= 0.3 is 0 Å². The third-order valence-corrected chi connectivity index (χ3v) is 4.38. The van der Waals surface area contributed by atoms with Crippen molar-refractivity contribution in [1.82, 2.24) is 5.32 Å². The van der Waals surface area contributed by atoms with Crippen LogP contribution in [0.15, 0.2) is 48.5 Å². The Labute approximate surface area is 126 Å². The molecule has 0 saturated carbocycles. The van der Waals surface area contributed by atoms with Crippen molar-refractivity contribution in [2.45, 2.75) is 44.9 Å². The normalized spacial score (nSPS) is 18.0. The summed E-state index contributed by atoms with van der Waals surface area (Å²) in [5.41, 5.74) is 5.22. The van der Waals surface area contributed by atoms with E-state index in [1.807, 2.05) is 12.1 Å². The largest absolute Gasteiger partial charge is 0.392 e. The number of aryl methyl sites for hydroxylation is 1. The summed E-state index contributed by atoms with van der Waals surface area (Å²) in [6.45, 7) is 0.994. The van der Waals surface area contributed by atoms with Crippen LogP contribution in [-0.2, 0) is 19.6 Å². The van der Waals surface area contributed by atoms with Gasteiger partial charge < -0.3 is 10.4 Å². The first kappa shape index (κ1) is 14.3. The number of hydrogen-bond donors (Lipinski definition) is 2. The molecule has 2 aromatic rings. The maximum atomic E-state index is 9.09. The van der Waals surface area contributed by atoms with E-state index in [1.165, 1.54) is 42.4 Å². The van der Waals surface area contributed by atoms with E-state index in [-0.39, 0.29) is 6.61 Å². The summed E-state index contributed by atoms with van der Waals surface area (Å²) in [6, 6.07) is 17.5. The summed E-state index contributed by atoms with van der Waals surface area (Å²) in [7, 11) is 0. The van der Waals surface area contributed by atoms with E-state index in [0.717, 1.165) is 12.1 Å². The van der Waals surface area contributed by atoms with Crippen molar-refractivity contribution in [2.24, 2.45) is 0 Å². The average Bonchev–Trinajstić information content (AvgIpc) is 2.76. The van der Waals surface area contributed by atoms with E-state index < -0.39 is 0 Å². The minimum Gasteiger partial charge on any atom is -0.392 e. The number of hydrogen-bond acceptors (Lipinski definition) is 2. The van der Waals surface area contributed by atoms with Gasteiger partial charge in [-0.05, 0) is 41.5 Å². The molecule has 0 aliphatic heterocycles. The van der Waals surface area contributed by atoms with Crippen LogP contribution in [0, 0.1) is 0 Å². The fourth-order valence-electron chi connectivity index (χ4n) is 3.14. The van der Waals surface area contributed by atoms with E-state index in [1.54, 1.807) is 0 Å². The smallest absolute Gasteiger partial charge is 0.0681 e. The Morgan fingerprint density at radius 2 is 1.71 bits per heavy atom. The van der Waals surface area contributed by atoms with Gasteiger partial charge in [0.05, 0.1) is 6.61 Å². The molecular weight excluding hydrogens is 258 g/mol. The number of nitrogens with one attached hydrogen (secondary N) is 1. The van der Waals surface area contributed by atoms with Gasteiger partial charge in [-0.15, -0.1) is 0 Å². The molecule has 2 heteroatoms. The highest BCUT2D eigenvalue weighted by Gasteiger charge is 2.17. The monoisotopic (exact) mass is 281 g/mol. The Bertz CT molecular complexity index is 576. The summed E-state index contributed by atoms with van der Waals surface area (Å²) in [4.78, 5) is 0. The highest BCUT2D eigenvalue weighted by molar-refractivity contribution is 5.31. The zero-order valence-corrected chi connectivity index (χ0v) is 12.4. The third-order valence-electron chi connectivity index (χ3n) is 4.38. The number of fused-ring (bicyclic) bond motifs is 1. The van der Waals surface area contributed by atoms with Crippen molar-refractivity contribution in [2.75, 3.05) is 0 Å². The van der Waals surface area contributed by atoms with Gasteiger partial charge in [-0.2, -0.15) is 0 Å². The molecule has 0 aromatic heterocycles. The van der Waals surface area contributed by atoms with Gasteiger partial charge in [0, 0.05) is 12.6 Å². The van der Waals surface area contributed by atoms with Crippen molar-refractivity contribution in [3.05, 3.63) is 70.8 Å². The van der Waals surface area contributed by atoms with Crippen LogP contribution in [0.2, 0.25) is 0 Å². The lowest BCUT2D eigenvalue weighted by Crippen LogP contribution is -2.21. The van der Waals surface area contributed by atoms with Crippen molar-refractivity contribution in [3.63, 3.8) is 0 Å².